The molecule has 1 saturated heterocycles. The van der Waals surface area contributed by atoms with Crippen molar-refractivity contribution in [3.8, 4) is 0 Å². The fraction of sp³-hybridized carbons (Fsp3) is 0.733. The second-order valence-electron chi connectivity index (χ2n) is 5.85. The summed E-state index contributed by atoms with van der Waals surface area (Å²) >= 11 is 6.15. The molecule has 4 nitrogen and oxygen atoms in total. The van der Waals surface area contributed by atoms with Crippen LogP contribution in [-0.2, 0) is 11.3 Å². The summed E-state index contributed by atoms with van der Waals surface area (Å²) in [4.78, 5) is 11.3. The van der Waals surface area contributed by atoms with E-state index in [4.69, 9.17) is 16.3 Å². The normalized spacial score (nSPS) is 26.4. The monoisotopic (exact) mass is 295 g/mol. The molecule has 1 aromatic rings. The zero-order valence-electron chi connectivity index (χ0n) is 12.0. The van der Waals surface area contributed by atoms with Gasteiger partial charge >= 0.3 is 0 Å². The fourth-order valence-corrected chi connectivity index (χ4v) is 3.90. The summed E-state index contributed by atoms with van der Waals surface area (Å²) in [6.07, 6.45) is 7.99. The maximum absolute atomic E-state index is 6.15. The SMILES string of the molecule is COCc1nc(Cl)cc(N2CCCC3CCCCC32)n1. The highest BCUT2D eigenvalue weighted by Gasteiger charge is 2.34. The van der Waals surface area contributed by atoms with Gasteiger partial charge in [-0.15, -0.1) is 0 Å². The maximum atomic E-state index is 6.15. The highest BCUT2D eigenvalue weighted by molar-refractivity contribution is 6.29. The lowest BCUT2D eigenvalue weighted by atomic mass is 9.78. The quantitative estimate of drug-likeness (QED) is 0.801. The zero-order valence-corrected chi connectivity index (χ0v) is 12.8. The van der Waals surface area contributed by atoms with E-state index in [2.05, 4.69) is 14.9 Å². The van der Waals surface area contributed by atoms with Gasteiger partial charge < -0.3 is 9.64 Å². The molecule has 0 N–H and O–H groups in total. The topological polar surface area (TPSA) is 38.2 Å². The van der Waals surface area contributed by atoms with Crippen LogP contribution in [-0.4, -0.2) is 29.7 Å². The Morgan fingerprint density at radius 1 is 1.25 bits per heavy atom. The van der Waals surface area contributed by atoms with Crippen molar-refractivity contribution in [1.82, 2.24) is 9.97 Å². The average molecular weight is 296 g/mol. The first-order valence-electron chi connectivity index (χ1n) is 7.57. The highest BCUT2D eigenvalue weighted by Crippen LogP contribution is 2.37. The fourth-order valence-electron chi connectivity index (χ4n) is 3.70. The van der Waals surface area contributed by atoms with Crippen molar-refractivity contribution in [2.75, 3.05) is 18.6 Å². The van der Waals surface area contributed by atoms with Gasteiger partial charge in [0.05, 0.1) is 0 Å². The minimum absolute atomic E-state index is 0.412. The van der Waals surface area contributed by atoms with Gasteiger partial charge in [0.1, 0.15) is 17.6 Å². The van der Waals surface area contributed by atoms with Crippen LogP contribution in [0.2, 0.25) is 5.15 Å². The van der Waals surface area contributed by atoms with Crippen LogP contribution in [0.1, 0.15) is 44.3 Å². The molecule has 0 spiro atoms. The van der Waals surface area contributed by atoms with Crippen molar-refractivity contribution >= 4 is 17.4 Å². The van der Waals surface area contributed by atoms with E-state index < -0.39 is 0 Å². The van der Waals surface area contributed by atoms with Gasteiger partial charge in [-0.1, -0.05) is 24.4 Å². The number of fused-ring (bicyclic) bond motifs is 1. The molecular formula is C15H22ClN3O. The van der Waals surface area contributed by atoms with Gasteiger partial charge in [-0.05, 0) is 31.6 Å². The predicted octanol–water partition coefficient (Wildman–Crippen LogP) is 3.44. The number of rotatable bonds is 3. The molecule has 0 bridgehead atoms. The molecule has 1 aromatic heterocycles. The molecule has 0 aromatic carbocycles. The number of methoxy groups -OCH3 is 1. The van der Waals surface area contributed by atoms with Crippen LogP contribution in [0.15, 0.2) is 6.07 Å². The van der Waals surface area contributed by atoms with Gasteiger partial charge in [-0.25, -0.2) is 9.97 Å². The van der Waals surface area contributed by atoms with Crippen LogP contribution >= 0.6 is 11.6 Å². The highest BCUT2D eigenvalue weighted by atomic mass is 35.5. The molecule has 0 radical (unpaired) electrons. The number of aromatic nitrogens is 2. The molecule has 2 atom stereocenters. The lowest BCUT2D eigenvalue weighted by molar-refractivity contribution is 0.177. The Labute approximate surface area is 125 Å². The van der Waals surface area contributed by atoms with E-state index >= 15 is 0 Å². The van der Waals surface area contributed by atoms with Gasteiger partial charge in [-0.3, -0.25) is 0 Å². The first-order chi connectivity index (χ1) is 9.78. The van der Waals surface area contributed by atoms with Crippen molar-refractivity contribution in [2.45, 2.75) is 51.2 Å². The second kappa shape index (κ2) is 6.27. The standard InChI is InChI=1S/C15H22ClN3O/c1-20-10-14-17-13(16)9-15(18-14)19-8-4-6-11-5-2-3-7-12(11)19/h9,11-12H,2-8,10H2,1H3. The van der Waals surface area contributed by atoms with E-state index in [-0.39, 0.29) is 0 Å². The third-order valence-corrected chi connectivity index (χ3v) is 4.73. The Bertz CT molecular complexity index is 466. The van der Waals surface area contributed by atoms with Gasteiger partial charge in [0, 0.05) is 25.8 Å². The van der Waals surface area contributed by atoms with Gasteiger partial charge in [-0.2, -0.15) is 0 Å². The van der Waals surface area contributed by atoms with E-state index in [1.54, 1.807) is 7.11 Å². The van der Waals surface area contributed by atoms with E-state index in [0.717, 1.165) is 18.3 Å². The van der Waals surface area contributed by atoms with Crippen molar-refractivity contribution in [1.29, 1.82) is 0 Å². The van der Waals surface area contributed by atoms with Crippen molar-refractivity contribution in [2.24, 2.45) is 5.92 Å². The Morgan fingerprint density at radius 2 is 2.05 bits per heavy atom. The molecule has 110 valence electrons. The molecule has 5 heteroatoms. The van der Waals surface area contributed by atoms with Crippen LogP contribution in [0.4, 0.5) is 5.82 Å². The molecule has 1 aliphatic heterocycles. The average Bonchev–Trinajstić information content (AvgIpc) is 2.46. The van der Waals surface area contributed by atoms with E-state index in [9.17, 15) is 0 Å². The maximum Gasteiger partial charge on any atom is 0.158 e. The summed E-state index contributed by atoms with van der Waals surface area (Å²) in [5.74, 6) is 2.48. The molecule has 0 amide bonds. The molecule has 1 aliphatic carbocycles. The minimum Gasteiger partial charge on any atom is -0.377 e. The Balaban J connectivity index is 1.86. The molecule has 1 saturated carbocycles. The molecule has 2 heterocycles. The first kappa shape index (κ1) is 14.1. The number of anilines is 1. The smallest absolute Gasteiger partial charge is 0.158 e. The van der Waals surface area contributed by atoms with Crippen molar-refractivity contribution in [3.05, 3.63) is 17.0 Å². The molecule has 2 aliphatic rings. The van der Waals surface area contributed by atoms with E-state index in [1.165, 1.54) is 38.5 Å². The second-order valence-corrected chi connectivity index (χ2v) is 6.23. The number of hydrogen-bond donors (Lipinski definition) is 0. The third kappa shape index (κ3) is 2.91. The largest absolute Gasteiger partial charge is 0.377 e. The van der Waals surface area contributed by atoms with Gasteiger partial charge in [0.25, 0.3) is 0 Å². The zero-order chi connectivity index (χ0) is 13.9. The number of nitrogens with zero attached hydrogens (tertiary/aromatic N) is 3. The van der Waals surface area contributed by atoms with Gasteiger partial charge in [0.15, 0.2) is 5.82 Å². The lowest BCUT2D eigenvalue weighted by Crippen LogP contribution is -2.47. The summed E-state index contributed by atoms with van der Waals surface area (Å²) < 4.78 is 5.13. The minimum atomic E-state index is 0.412. The van der Waals surface area contributed by atoms with Crippen LogP contribution in [0.25, 0.3) is 0 Å². The van der Waals surface area contributed by atoms with E-state index in [1.807, 2.05) is 6.07 Å². The molecule has 3 rings (SSSR count). The molecular weight excluding hydrogens is 274 g/mol. The van der Waals surface area contributed by atoms with Crippen molar-refractivity contribution < 1.29 is 4.74 Å². The van der Waals surface area contributed by atoms with Crippen LogP contribution in [0.3, 0.4) is 0 Å². The Morgan fingerprint density at radius 3 is 2.90 bits per heavy atom. The van der Waals surface area contributed by atoms with Crippen LogP contribution in [0, 0.1) is 5.92 Å². The summed E-state index contributed by atoms with van der Waals surface area (Å²) in [5, 5.41) is 0.514. The summed E-state index contributed by atoms with van der Waals surface area (Å²) in [6.45, 7) is 1.50. The lowest BCUT2D eigenvalue weighted by Gasteiger charge is -2.44. The summed E-state index contributed by atoms with van der Waals surface area (Å²) in [7, 11) is 1.65. The Hall–Kier alpha value is -0.870. The molecule has 2 unspecified atom stereocenters. The number of piperidine rings is 1. The number of ether oxygens (including phenoxy) is 1. The summed E-state index contributed by atoms with van der Waals surface area (Å²) in [5.41, 5.74) is 0. The molecule has 2 fully saturated rings. The van der Waals surface area contributed by atoms with Gasteiger partial charge in [0.2, 0.25) is 0 Å². The molecule has 20 heavy (non-hydrogen) atoms. The third-order valence-electron chi connectivity index (χ3n) is 4.54. The summed E-state index contributed by atoms with van der Waals surface area (Å²) in [6, 6.07) is 2.54. The predicted molar refractivity (Wildman–Crippen MR) is 80.1 cm³/mol. The van der Waals surface area contributed by atoms with Crippen LogP contribution < -0.4 is 4.90 Å². The first-order valence-corrected chi connectivity index (χ1v) is 7.95. The number of halogens is 1. The van der Waals surface area contributed by atoms with Crippen LogP contribution in [0.5, 0.6) is 0 Å². The van der Waals surface area contributed by atoms with E-state index in [0.29, 0.717) is 23.6 Å². The van der Waals surface area contributed by atoms with Crippen molar-refractivity contribution in [3.63, 3.8) is 0 Å². The number of hydrogen-bond acceptors (Lipinski definition) is 4. The Kier molecular flexibility index (Phi) is 4.41.